The van der Waals surface area contributed by atoms with Gasteiger partial charge in [-0.15, -0.1) is 0 Å². The van der Waals surface area contributed by atoms with Gasteiger partial charge in [0.05, 0.1) is 0 Å². The van der Waals surface area contributed by atoms with Crippen LogP contribution in [0.1, 0.15) is 42.5 Å². The van der Waals surface area contributed by atoms with Crippen molar-refractivity contribution in [2.24, 2.45) is 5.92 Å². The Morgan fingerprint density at radius 3 is 2.39 bits per heavy atom. The van der Waals surface area contributed by atoms with Crippen LogP contribution in [0.2, 0.25) is 0 Å². The monoisotopic (exact) mass is 247 g/mol. The molecule has 1 heterocycles. The highest BCUT2D eigenvalue weighted by atomic mass is 16.3. The Morgan fingerprint density at radius 1 is 1.17 bits per heavy atom. The summed E-state index contributed by atoms with van der Waals surface area (Å²) in [5.74, 6) is 0.296. The van der Waals surface area contributed by atoms with Gasteiger partial charge in [-0.2, -0.15) is 0 Å². The third kappa shape index (κ3) is 2.76. The first-order valence-electron chi connectivity index (χ1n) is 7.05. The molecule has 18 heavy (non-hydrogen) atoms. The zero-order valence-electron chi connectivity index (χ0n) is 11.8. The Labute approximate surface area is 111 Å². The second-order valence-corrected chi connectivity index (χ2v) is 5.69. The van der Waals surface area contributed by atoms with E-state index in [1.165, 1.54) is 42.6 Å². The number of hydrogen-bond donors (Lipinski definition) is 1. The van der Waals surface area contributed by atoms with E-state index < -0.39 is 0 Å². The van der Waals surface area contributed by atoms with E-state index in [4.69, 9.17) is 0 Å². The highest BCUT2D eigenvalue weighted by molar-refractivity contribution is 5.32. The molecule has 2 unspecified atom stereocenters. The predicted molar refractivity (Wildman–Crippen MR) is 75.7 cm³/mol. The number of likely N-dealkylation sites (tertiary alicyclic amines) is 1. The molecule has 0 saturated carbocycles. The van der Waals surface area contributed by atoms with Gasteiger partial charge in [-0.05, 0) is 62.4 Å². The lowest BCUT2D eigenvalue weighted by Gasteiger charge is -2.32. The quantitative estimate of drug-likeness (QED) is 0.884. The molecule has 2 nitrogen and oxygen atoms in total. The van der Waals surface area contributed by atoms with Crippen molar-refractivity contribution in [3.05, 3.63) is 34.9 Å². The summed E-state index contributed by atoms with van der Waals surface area (Å²) in [5.41, 5.74) is 4.05. The maximum Gasteiger partial charge on any atom is 0.0474 e. The van der Waals surface area contributed by atoms with Crippen molar-refractivity contribution >= 4 is 0 Å². The molecule has 1 N–H and O–H groups in total. The Kier molecular flexibility index (Phi) is 4.41. The van der Waals surface area contributed by atoms with Crippen molar-refractivity contribution in [1.29, 1.82) is 0 Å². The number of aryl methyl sites for hydroxylation is 2. The van der Waals surface area contributed by atoms with Gasteiger partial charge in [-0.25, -0.2) is 0 Å². The number of aliphatic hydroxyl groups excluding tert-OH is 1. The van der Waals surface area contributed by atoms with Gasteiger partial charge in [-0.1, -0.05) is 25.1 Å². The largest absolute Gasteiger partial charge is 0.396 e. The normalized spacial score (nSPS) is 20.0. The van der Waals surface area contributed by atoms with Crippen LogP contribution in [0.15, 0.2) is 18.2 Å². The molecule has 0 amide bonds. The number of aliphatic hydroxyl groups is 1. The fourth-order valence-corrected chi connectivity index (χ4v) is 2.97. The Bertz CT molecular complexity index is 396. The first kappa shape index (κ1) is 13.6. The Morgan fingerprint density at radius 2 is 1.83 bits per heavy atom. The molecule has 1 aliphatic rings. The van der Waals surface area contributed by atoms with E-state index in [-0.39, 0.29) is 6.61 Å². The van der Waals surface area contributed by atoms with Crippen LogP contribution in [0, 0.1) is 19.8 Å². The summed E-state index contributed by atoms with van der Waals surface area (Å²) >= 11 is 0. The number of benzene rings is 1. The molecule has 0 aromatic heterocycles. The second-order valence-electron chi connectivity index (χ2n) is 5.69. The van der Waals surface area contributed by atoms with Crippen LogP contribution in [0.3, 0.4) is 0 Å². The minimum atomic E-state index is 0.258. The highest BCUT2D eigenvalue weighted by Crippen LogP contribution is 2.32. The molecule has 1 fully saturated rings. The highest BCUT2D eigenvalue weighted by Gasteiger charge is 2.27. The van der Waals surface area contributed by atoms with Gasteiger partial charge in [0, 0.05) is 12.6 Å². The minimum absolute atomic E-state index is 0.258. The molecule has 2 atom stereocenters. The van der Waals surface area contributed by atoms with Crippen LogP contribution >= 0.6 is 0 Å². The van der Waals surface area contributed by atoms with Gasteiger partial charge in [0.15, 0.2) is 0 Å². The number of hydrogen-bond acceptors (Lipinski definition) is 2. The van der Waals surface area contributed by atoms with Gasteiger partial charge >= 0.3 is 0 Å². The summed E-state index contributed by atoms with van der Waals surface area (Å²) in [6.07, 6.45) is 2.58. The summed E-state index contributed by atoms with van der Waals surface area (Å²) in [6.45, 7) is 9.07. The SMILES string of the molecule is Cc1ccc(C(C(C)CO)N2CCCC2)cc1C. The first-order valence-corrected chi connectivity index (χ1v) is 7.05. The van der Waals surface area contributed by atoms with Gasteiger partial charge in [-0.3, -0.25) is 4.90 Å². The lowest BCUT2D eigenvalue weighted by Crippen LogP contribution is -2.32. The maximum absolute atomic E-state index is 9.52. The van der Waals surface area contributed by atoms with Crippen LogP contribution in [-0.2, 0) is 0 Å². The van der Waals surface area contributed by atoms with E-state index in [1.54, 1.807) is 0 Å². The van der Waals surface area contributed by atoms with Crippen LogP contribution < -0.4 is 0 Å². The fraction of sp³-hybridized carbons (Fsp3) is 0.625. The summed E-state index contributed by atoms with van der Waals surface area (Å²) in [6, 6.07) is 7.11. The fourth-order valence-electron chi connectivity index (χ4n) is 2.97. The van der Waals surface area contributed by atoms with Crippen molar-refractivity contribution in [3.8, 4) is 0 Å². The topological polar surface area (TPSA) is 23.5 Å². The lowest BCUT2D eigenvalue weighted by molar-refractivity contribution is 0.126. The van der Waals surface area contributed by atoms with Gasteiger partial charge in [0.1, 0.15) is 0 Å². The van der Waals surface area contributed by atoms with Crippen LogP contribution in [0.5, 0.6) is 0 Å². The average Bonchev–Trinajstić information content (AvgIpc) is 2.87. The van der Waals surface area contributed by atoms with Gasteiger partial charge in [0.2, 0.25) is 0 Å². The third-order valence-corrected chi connectivity index (χ3v) is 4.23. The first-order chi connectivity index (χ1) is 8.63. The molecule has 100 valence electrons. The molecule has 0 bridgehead atoms. The standard InChI is InChI=1S/C16H25NO/c1-12-6-7-15(10-13(12)2)16(14(3)11-18)17-8-4-5-9-17/h6-7,10,14,16,18H,4-5,8-9,11H2,1-3H3. The van der Waals surface area contributed by atoms with E-state index in [9.17, 15) is 5.11 Å². The van der Waals surface area contributed by atoms with Crippen LogP contribution in [-0.4, -0.2) is 29.7 Å². The van der Waals surface area contributed by atoms with Crippen LogP contribution in [0.25, 0.3) is 0 Å². The molecular weight excluding hydrogens is 222 g/mol. The maximum atomic E-state index is 9.52. The number of rotatable bonds is 4. The second kappa shape index (κ2) is 5.85. The zero-order chi connectivity index (χ0) is 13.1. The smallest absolute Gasteiger partial charge is 0.0474 e. The molecule has 2 rings (SSSR count). The molecule has 1 aromatic carbocycles. The van der Waals surface area contributed by atoms with E-state index in [0.29, 0.717) is 12.0 Å². The summed E-state index contributed by atoms with van der Waals surface area (Å²) in [7, 11) is 0. The minimum Gasteiger partial charge on any atom is -0.396 e. The lowest BCUT2D eigenvalue weighted by atomic mass is 9.91. The van der Waals surface area contributed by atoms with Crippen molar-refractivity contribution in [3.63, 3.8) is 0 Å². The zero-order valence-corrected chi connectivity index (χ0v) is 11.8. The molecule has 0 spiro atoms. The van der Waals surface area contributed by atoms with Crippen molar-refractivity contribution < 1.29 is 5.11 Å². The third-order valence-electron chi connectivity index (χ3n) is 4.23. The molecule has 0 aliphatic carbocycles. The van der Waals surface area contributed by atoms with E-state index in [2.05, 4.69) is 43.9 Å². The molecule has 1 aliphatic heterocycles. The van der Waals surface area contributed by atoms with Crippen molar-refractivity contribution in [2.45, 2.75) is 39.7 Å². The molecule has 0 radical (unpaired) electrons. The van der Waals surface area contributed by atoms with Crippen molar-refractivity contribution in [2.75, 3.05) is 19.7 Å². The van der Waals surface area contributed by atoms with Crippen molar-refractivity contribution in [1.82, 2.24) is 4.90 Å². The van der Waals surface area contributed by atoms with Gasteiger partial charge in [0.25, 0.3) is 0 Å². The molecule has 2 heteroatoms. The Balaban J connectivity index is 2.29. The predicted octanol–water partition coefficient (Wildman–Crippen LogP) is 3.07. The average molecular weight is 247 g/mol. The van der Waals surface area contributed by atoms with E-state index in [1.807, 2.05) is 0 Å². The summed E-state index contributed by atoms with van der Waals surface area (Å²) < 4.78 is 0. The van der Waals surface area contributed by atoms with E-state index in [0.717, 1.165) is 0 Å². The summed E-state index contributed by atoms with van der Waals surface area (Å²) in [4.78, 5) is 2.53. The molecular formula is C16H25NO. The number of nitrogens with zero attached hydrogens (tertiary/aromatic N) is 1. The Hall–Kier alpha value is -0.860. The summed E-state index contributed by atoms with van der Waals surface area (Å²) in [5, 5.41) is 9.52. The molecule has 1 saturated heterocycles. The van der Waals surface area contributed by atoms with Crippen LogP contribution in [0.4, 0.5) is 0 Å². The molecule has 1 aromatic rings. The van der Waals surface area contributed by atoms with E-state index >= 15 is 0 Å². The van der Waals surface area contributed by atoms with Gasteiger partial charge < -0.3 is 5.11 Å².